The van der Waals surface area contributed by atoms with Gasteiger partial charge in [-0.15, -0.1) is 12.4 Å². The number of hydrogen-bond donors (Lipinski definition) is 2. The molecule has 21 heavy (non-hydrogen) atoms. The van der Waals surface area contributed by atoms with Crippen LogP contribution in [0.15, 0.2) is 6.07 Å². The molecule has 1 saturated heterocycles. The van der Waals surface area contributed by atoms with E-state index in [1.165, 1.54) is 4.90 Å². The van der Waals surface area contributed by atoms with E-state index in [2.05, 4.69) is 5.32 Å². The third-order valence-corrected chi connectivity index (χ3v) is 3.21. The van der Waals surface area contributed by atoms with Crippen molar-refractivity contribution in [3.8, 4) is 5.75 Å². The minimum absolute atomic E-state index is 0. The van der Waals surface area contributed by atoms with E-state index in [1.807, 2.05) is 13.8 Å². The Morgan fingerprint density at radius 3 is 2.29 bits per heavy atom. The molecule has 118 valence electrons. The van der Waals surface area contributed by atoms with Gasteiger partial charge in [0.15, 0.2) is 17.4 Å². The Kier molecular flexibility index (Phi) is 5.47. The molecule has 0 saturated carbocycles. The van der Waals surface area contributed by atoms with Crippen LogP contribution in [-0.2, 0) is 0 Å². The molecule has 1 fully saturated rings. The van der Waals surface area contributed by atoms with E-state index < -0.39 is 34.7 Å². The van der Waals surface area contributed by atoms with Gasteiger partial charge in [-0.2, -0.15) is 4.39 Å². The molecule has 0 aromatic heterocycles. The topological polar surface area (TPSA) is 52.6 Å². The molecule has 1 heterocycles. The third-order valence-electron chi connectivity index (χ3n) is 3.21. The van der Waals surface area contributed by atoms with Gasteiger partial charge in [0.1, 0.15) is 0 Å². The lowest BCUT2D eigenvalue weighted by Crippen LogP contribution is -2.55. The van der Waals surface area contributed by atoms with Gasteiger partial charge in [-0.3, -0.25) is 4.79 Å². The van der Waals surface area contributed by atoms with Crippen molar-refractivity contribution in [1.29, 1.82) is 0 Å². The van der Waals surface area contributed by atoms with Crippen molar-refractivity contribution in [2.24, 2.45) is 0 Å². The number of phenolic OH excluding ortho intramolecular Hbond substituents is 1. The Bertz CT molecular complexity index is 547. The van der Waals surface area contributed by atoms with Gasteiger partial charge in [-0.1, -0.05) is 0 Å². The first-order valence-corrected chi connectivity index (χ1v) is 6.23. The number of amides is 1. The molecule has 1 aromatic carbocycles. The van der Waals surface area contributed by atoms with Gasteiger partial charge >= 0.3 is 0 Å². The van der Waals surface area contributed by atoms with Crippen molar-refractivity contribution in [3.63, 3.8) is 0 Å². The van der Waals surface area contributed by atoms with Gasteiger partial charge in [0.2, 0.25) is 5.82 Å². The van der Waals surface area contributed by atoms with E-state index in [4.69, 9.17) is 5.11 Å². The van der Waals surface area contributed by atoms with Crippen molar-refractivity contribution < 1.29 is 23.1 Å². The summed E-state index contributed by atoms with van der Waals surface area (Å²) in [7, 11) is 0. The molecule has 1 aliphatic rings. The average Bonchev–Trinajstić information content (AvgIpc) is 2.38. The molecular formula is C13H16ClF3N2O2. The van der Waals surface area contributed by atoms with Crippen LogP contribution in [0.2, 0.25) is 0 Å². The van der Waals surface area contributed by atoms with E-state index in [-0.39, 0.29) is 24.5 Å². The number of nitrogens with one attached hydrogen (secondary N) is 1. The predicted octanol–water partition coefficient (Wildman–Crippen LogP) is 2.05. The molecular weight excluding hydrogens is 309 g/mol. The first-order chi connectivity index (χ1) is 9.31. The van der Waals surface area contributed by atoms with Crippen LogP contribution >= 0.6 is 12.4 Å². The third kappa shape index (κ3) is 3.41. The summed E-state index contributed by atoms with van der Waals surface area (Å²) in [5, 5.41) is 12.3. The number of nitrogens with zero attached hydrogens (tertiary/aromatic N) is 1. The second kappa shape index (κ2) is 6.53. The van der Waals surface area contributed by atoms with E-state index in [0.29, 0.717) is 19.2 Å². The van der Waals surface area contributed by atoms with Crippen LogP contribution in [0.5, 0.6) is 5.75 Å². The molecule has 8 heteroatoms. The van der Waals surface area contributed by atoms with Crippen LogP contribution < -0.4 is 5.32 Å². The fraction of sp³-hybridized carbons (Fsp3) is 0.462. The zero-order chi connectivity index (χ0) is 15.0. The monoisotopic (exact) mass is 324 g/mol. The summed E-state index contributed by atoms with van der Waals surface area (Å²) < 4.78 is 39.9. The highest BCUT2D eigenvalue weighted by molar-refractivity contribution is 5.95. The molecule has 2 rings (SSSR count). The Hall–Kier alpha value is -1.47. The summed E-state index contributed by atoms with van der Waals surface area (Å²) in [5.41, 5.74) is -0.664. The summed E-state index contributed by atoms with van der Waals surface area (Å²) in [6.45, 7) is 4.36. The van der Waals surface area contributed by atoms with Crippen LogP contribution in [0.4, 0.5) is 13.2 Å². The lowest BCUT2D eigenvalue weighted by atomic mass is 10.1. The van der Waals surface area contributed by atoms with Crippen molar-refractivity contribution >= 4 is 18.3 Å². The molecule has 1 aromatic rings. The highest BCUT2D eigenvalue weighted by atomic mass is 35.5. The molecule has 2 N–H and O–H groups in total. The van der Waals surface area contributed by atoms with Gasteiger partial charge in [0, 0.05) is 25.2 Å². The van der Waals surface area contributed by atoms with Gasteiger partial charge in [0.25, 0.3) is 5.91 Å². The number of carbonyl (C=O) groups is 1. The van der Waals surface area contributed by atoms with Crippen molar-refractivity contribution in [2.75, 3.05) is 13.1 Å². The van der Waals surface area contributed by atoms with E-state index in [0.717, 1.165) is 0 Å². The number of halogens is 4. The SMILES string of the molecule is CC1CN(C(=O)c2cc(F)c(F)c(O)c2F)CC(C)N1.Cl. The number of piperazine rings is 1. The number of benzene rings is 1. The predicted molar refractivity (Wildman–Crippen MR) is 73.2 cm³/mol. The molecule has 0 spiro atoms. The zero-order valence-corrected chi connectivity index (χ0v) is 12.3. The van der Waals surface area contributed by atoms with Crippen LogP contribution in [0.25, 0.3) is 0 Å². The van der Waals surface area contributed by atoms with Gasteiger partial charge < -0.3 is 15.3 Å². The van der Waals surface area contributed by atoms with Crippen molar-refractivity contribution in [3.05, 3.63) is 29.1 Å². The van der Waals surface area contributed by atoms with Crippen molar-refractivity contribution in [1.82, 2.24) is 10.2 Å². The minimum atomic E-state index is -1.69. The molecule has 2 atom stereocenters. The molecule has 1 amide bonds. The van der Waals surface area contributed by atoms with Crippen molar-refractivity contribution in [2.45, 2.75) is 25.9 Å². The molecule has 2 unspecified atom stereocenters. The first kappa shape index (κ1) is 17.6. The van der Waals surface area contributed by atoms with Gasteiger partial charge in [0.05, 0.1) is 5.56 Å². The van der Waals surface area contributed by atoms with E-state index in [9.17, 15) is 18.0 Å². The lowest BCUT2D eigenvalue weighted by Gasteiger charge is -2.36. The van der Waals surface area contributed by atoms with Crippen LogP contribution in [0.3, 0.4) is 0 Å². The number of aromatic hydroxyl groups is 1. The normalized spacial score (nSPS) is 21.9. The maximum absolute atomic E-state index is 13.7. The summed E-state index contributed by atoms with van der Waals surface area (Å²) in [6.07, 6.45) is 0. The van der Waals surface area contributed by atoms with E-state index >= 15 is 0 Å². The van der Waals surface area contributed by atoms with Crippen LogP contribution in [0.1, 0.15) is 24.2 Å². The molecule has 0 radical (unpaired) electrons. The fourth-order valence-corrected chi connectivity index (χ4v) is 2.41. The Labute approximate surface area is 126 Å². The second-order valence-electron chi connectivity index (χ2n) is 5.06. The zero-order valence-electron chi connectivity index (χ0n) is 11.5. The number of rotatable bonds is 1. The quantitative estimate of drug-likeness (QED) is 0.777. The first-order valence-electron chi connectivity index (χ1n) is 6.23. The number of hydrogen-bond acceptors (Lipinski definition) is 3. The lowest BCUT2D eigenvalue weighted by molar-refractivity contribution is 0.0667. The fourth-order valence-electron chi connectivity index (χ4n) is 2.41. The largest absolute Gasteiger partial charge is 0.503 e. The maximum Gasteiger partial charge on any atom is 0.257 e. The summed E-state index contributed by atoms with van der Waals surface area (Å²) in [4.78, 5) is 13.5. The highest BCUT2D eigenvalue weighted by Crippen LogP contribution is 2.27. The van der Waals surface area contributed by atoms with E-state index in [1.54, 1.807) is 0 Å². The van der Waals surface area contributed by atoms with Crippen LogP contribution in [0, 0.1) is 17.5 Å². The minimum Gasteiger partial charge on any atom is -0.503 e. The number of phenols is 1. The highest BCUT2D eigenvalue weighted by Gasteiger charge is 2.29. The molecule has 4 nitrogen and oxygen atoms in total. The summed E-state index contributed by atoms with van der Waals surface area (Å²) in [6, 6.07) is 0.485. The Morgan fingerprint density at radius 2 is 1.76 bits per heavy atom. The van der Waals surface area contributed by atoms with Gasteiger partial charge in [-0.05, 0) is 19.9 Å². The Balaban J connectivity index is 0.00000220. The summed E-state index contributed by atoms with van der Waals surface area (Å²) >= 11 is 0. The average molecular weight is 325 g/mol. The maximum atomic E-state index is 13.7. The second-order valence-corrected chi connectivity index (χ2v) is 5.06. The van der Waals surface area contributed by atoms with Crippen LogP contribution in [-0.4, -0.2) is 41.1 Å². The Morgan fingerprint density at radius 1 is 1.24 bits per heavy atom. The summed E-state index contributed by atoms with van der Waals surface area (Å²) in [5.74, 6) is -6.82. The molecule has 1 aliphatic heterocycles. The number of carbonyl (C=O) groups excluding carboxylic acids is 1. The smallest absolute Gasteiger partial charge is 0.257 e. The molecule has 0 aliphatic carbocycles. The van der Waals surface area contributed by atoms with Gasteiger partial charge in [-0.25, -0.2) is 8.78 Å². The molecule has 0 bridgehead atoms. The standard InChI is InChI=1S/C13H15F3N2O2.ClH/c1-6-4-18(5-7(2)17-6)13(20)8-3-9(14)11(16)12(19)10(8)15;/h3,6-7,17,19H,4-5H2,1-2H3;1H.